The Kier molecular flexibility index (Phi) is 5.39. The number of rotatable bonds is 0. The number of aliphatic imine (C=N–C) groups is 1. The van der Waals surface area contributed by atoms with Crippen molar-refractivity contribution in [3.8, 4) is 0 Å². The van der Waals surface area contributed by atoms with E-state index in [1.54, 1.807) is 18.2 Å². The van der Waals surface area contributed by atoms with E-state index in [0.717, 1.165) is 58.1 Å². The van der Waals surface area contributed by atoms with Crippen LogP contribution in [-0.2, 0) is 17.7 Å². The zero-order valence-corrected chi connectivity index (χ0v) is 15.5. The molecule has 1 N–H and O–H groups in total. The van der Waals surface area contributed by atoms with Gasteiger partial charge in [-0.1, -0.05) is 42.5 Å². The Morgan fingerprint density at radius 2 is 1.67 bits per heavy atom. The second kappa shape index (κ2) is 8.09. The monoisotopic (exact) mass is 367 g/mol. The lowest BCUT2D eigenvalue weighted by atomic mass is 9.91. The van der Waals surface area contributed by atoms with Crippen molar-refractivity contribution in [1.82, 2.24) is 10.2 Å². The summed E-state index contributed by atoms with van der Waals surface area (Å²) in [5, 5.41) is 3.40. The summed E-state index contributed by atoms with van der Waals surface area (Å²) in [6.45, 7) is 4.83. The first-order valence-corrected chi connectivity index (χ1v) is 9.70. The van der Waals surface area contributed by atoms with Gasteiger partial charge in [-0.15, -0.1) is 0 Å². The number of hydrogen-bond acceptors (Lipinski definition) is 4. The molecule has 3 aliphatic heterocycles. The minimum atomic E-state index is -0.178. The molecule has 0 aliphatic carbocycles. The van der Waals surface area contributed by atoms with E-state index in [2.05, 4.69) is 34.5 Å². The Balaban J connectivity index is 0.000000218. The zero-order valence-electron chi connectivity index (χ0n) is 15.5. The highest BCUT2D eigenvalue weighted by Gasteiger charge is 2.39. The summed E-state index contributed by atoms with van der Waals surface area (Å²) in [5.41, 5.74) is 2.94. The number of hydrogen-bond donors (Lipinski definition) is 1. The fourth-order valence-electron chi connectivity index (χ4n) is 3.85. The van der Waals surface area contributed by atoms with Gasteiger partial charge < -0.3 is 15.0 Å². The van der Waals surface area contributed by atoms with Crippen molar-refractivity contribution >= 4 is 6.02 Å². The molecule has 3 heterocycles. The van der Waals surface area contributed by atoms with Crippen molar-refractivity contribution in [3.05, 3.63) is 71.5 Å². The molecule has 0 saturated carbocycles. The van der Waals surface area contributed by atoms with Crippen LogP contribution in [0.3, 0.4) is 0 Å². The molecule has 4 nitrogen and oxygen atoms in total. The Labute approximate surface area is 160 Å². The van der Waals surface area contributed by atoms with Gasteiger partial charge in [0.2, 0.25) is 0 Å². The lowest BCUT2D eigenvalue weighted by Crippen LogP contribution is -2.41. The lowest BCUT2D eigenvalue weighted by molar-refractivity contribution is 0.191. The van der Waals surface area contributed by atoms with Gasteiger partial charge in [0.05, 0.1) is 0 Å². The predicted molar refractivity (Wildman–Crippen MR) is 105 cm³/mol. The van der Waals surface area contributed by atoms with E-state index in [9.17, 15) is 4.39 Å². The smallest absolute Gasteiger partial charge is 0.288 e. The molecule has 2 aromatic rings. The van der Waals surface area contributed by atoms with Gasteiger partial charge in [0.25, 0.3) is 6.02 Å². The molecule has 0 unspecified atom stereocenters. The molecular formula is C22H26FN3O. The maximum absolute atomic E-state index is 11.9. The molecule has 0 amide bonds. The minimum Gasteiger partial charge on any atom is -0.463 e. The largest absolute Gasteiger partial charge is 0.463 e. The molecule has 2 aromatic carbocycles. The predicted octanol–water partition coefficient (Wildman–Crippen LogP) is 3.38. The van der Waals surface area contributed by atoms with Crippen LogP contribution in [0.15, 0.2) is 59.6 Å². The fraction of sp³-hybridized carbons (Fsp3) is 0.409. The van der Waals surface area contributed by atoms with Crippen LogP contribution in [0.25, 0.3) is 0 Å². The second-order valence-electron chi connectivity index (χ2n) is 7.39. The average molecular weight is 367 g/mol. The van der Waals surface area contributed by atoms with Gasteiger partial charge in [0, 0.05) is 13.1 Å². The summed E-state index contributed by atoms with van der Waals surface area (Å²) in [7, 11) is 0. The van der Waals surface area contributed by atoms with Crippen molar-refractivity contribution in [1.29, 1.82) is 0 Å². The number of benzene rings is 2. The van der Waals surface area contributed by atoms with Crippen molar-refractivity contribution in [2.24, 2.45) is 4.99 Å². The molecule has 5 heteroatoms. The molecule has 0 aromatic heterocycles. The lowest BCUT2D eigenvalue weighted by Gasteiger charge is -2.29. The molecule has 0 atom stereocenters. The van der Waals surface area contributed by atoms with Gasteiger partial charge >= 0.3 is 0 Å². The normalized spacial score (nSPS) is 20.2. The third-order valence-corrected chi connectivity index (χ3v) is 5.47. The van der Waals surface area contributed by atoms with E-state index >= 15 is 0 Å². The highest BCUT2D eigenvalue weighted by Crippen LogP contribution is 2.30. The van der Waals surface area contributed by atoms with E-state index in [4.69, 9.17) is 9.73 Å². The second-order valence-corrected chi connectivity index (χ2v) is 7.39. The summed E-state index contributed by atoms with van der Waals surface area (Å²) >= 11 is 0. The fourth-order valence-corrected chi connectivity index (χ4v) is 3.85. The maximum atomic E-state index is 11.9. The number of nitrogens with zero attached hydrogens (tertiary/aromatic N) is 2. The molecule has 142 valence electrons. The van der Waals surface area contributed by atoms with Crippen LogP contribution in [0.4, 0.5) is 4.39 Å². The molecule has 3 aliphatic rings. The SMILES string of the molecule is Fc1ccccc1.c1ccc2c(c1)CCN(C1=NC3(CCNCC3)CO1)C2. The van der Waals surface area contributed by atoms with Crippen LogP contribution in [0, 0.1) is 5.82 Å². The van der Waals surface area contributed by atoms with Crippen molar-refractivity contribution < 1.29 is 9.13 Å². The zero-order chi connectivity index (χ0) is 18.5. The summed E-state index contributed by atoms with van der Waals surface area (Å²) in [6.07, 6.45) is 3.29. The quantitative estimate of drug-likeness (QED) is 0.776. The first kappa shape index (κ1) is 18.0. The van der Waals surface area contributed by atoms with E-state index in [-0.39, 0.29) is 11.4 Å². The Hall–Kier alpha value is -2.40. The van der Waals surface area contributed by atoms with E-state index in [1.807, 2.05) is 0 Å². The summed E-state index contributed by atoms with van der Waals surface area (Å²) < 4.78 is 17.9. The van der Waals surface area contributed by atoms with E-state index in [1.165, 1.54) is 23.3 Å². The molecule has 0 radical (unpaired) electrons. The van der Waals surface area contributed by atoms with E-state index in [0.29, 0.717) is 0 Å². The summed E-state index contributed by atoms with van der Waals surface area (Å²) in [6, 6.07) is 17.5. The van der Waals surface area contributed by atoms with Crippen molar-refractivity contribution in [2.45, 2.75) is 31.3 Å². The van der Waals surface area contributed by atoms with Gasteiger partial charge in [-0.3, -0.25) is 0 Å². The Morgan fingerprint density at radius 3 is 2.37 bits per heavy atom. The van der Waals surface area contributed by atoms with Crippen LogP contribution in [0.5, 0.6) is 0 Å². The first-order valence-electron chi connectivity index (χ1n) is 9.70. The first-order chi connectivity index (χ1) is 13.2. The molecule has 1 fully saturated rings. The topological polar surface area (TPSA) is 36.9 Å². The third kappa shape index (κ3) is 4.30. The van der Waals surface area contributed by atoms with E-state index < -0.39 is 0 Å². The summed E-state index contributed by atoms with van der Waals surface area (Å²) in [5.74, 6) is -0.178. The summed E-state index contributed by atoms with van der Waals surface area (Å²) in [4.78, 5) is 7.26. The van der Waals surface area contributed by atoms with Gasteiger partial charge in [-0.2, -0.15) is 0 Å². The van der Waals surface area contributed by atoms with Crippen molar-refractivity contribution in [3.63, 3.8) is 0 Å². The van der Waals surface area contributed by atoms with Crippen LogP contribution < -0.4 is 5.32 Å². The number of piperidine rings is 1. The molecular weight excluding hydrogens is 341 g/mol. The van der Waals surface area contributed by atoms with Crippen LogP contribution >= 0.6 is 0 Å². The van der Waals surface area contributed by atoms with Gasteiger partial charge in [0.1, 0.15) is 18.0 Å². The molecule has 5 rings (SSSR count). The average Bonchev–Trinajstić information content (AvgIpc) is 3.12. The van der Waals surface area contributed by atoms with Gasteiger partial charge in [-0.05, 0) is 55.6 Å². The number of nitrogens with one attached hydrogen (secondary N) is 1. The Bertz CT molecular complexity index is 787. The highest BCUT2D eigenvalue weighted by atomic mass is 19.1. The van der Waals surface area contributed by atoms with Crippen LogP contribution in [-0.4, -0.2) is 42.7 Å². The number of amidine groups is 1. The maximum Gasteiger partial charge on any atom is 0.288 e. The third-order valence-electron chi connectivity index (χ3n) is 5.47. The van der Waals surface area contributed by atoms with Gasteiger partial charge in [0.15, 0.2) is 0 Å². The molecule has 27 heavy (non-hydrogen) atoms. The highest BCUT2D eigenvalue weighted by molar-refractivity contribution is 5.76. The van der Waals surface area contributed by atoms with Crippen LogP contribution in [0.1, 0.15) is 24.0 Å². The standard InChI is InChI=1S/C16H21N3O.C6H5F/c1-2-4-14-11-19(10-5-13(14)3-1)15-18-16(12-20-15)6-8-17-9-7-16;7-6-4-2-1-3-5-6/h1-4,17H,5-12H2;1-5H. The molecule has 0 bridgehead atoms. The van der Waals surface area contributed by atoms with Crippen molar-refractivity contribution in [2.75, 3.05) is 26.2 Å². The number of ether oxygens (including phenoxy) is 1. The molecule has 1 spiro atoms. The van der Waals surface area contributed by atoms with Gasteiger partial charge in [-0.25, -0.2) is 9.38 Å². The Morgan fingerprint density at radius 1 is 0.963 bits per heavy atom. The number of fused-ring (bicyclic) bond motifs is 1. The molecule has 1 saturated heterocycles. The number of halogens is 1. The minimum absolute atomic E-state index is 0.0531. The van der Waals surface area contributed by atoms with Crippen LogP contribution in [0.2, 0.25) is 0 Å².